The van der Waals surface area contributed by atoms with E-state index in [4.69, 9.17) is 4.74 Å². The van der Waals surface area contributed by atoms with E-state index in [-0.39, 0.29) is 4.90 Å². The number of hydrogen-bond donors (Lipinski definition) is 0. The van der Waals surface area contributed by atoms with Gasteiger partial charge < -0.3 is 9.64 Å². The van der Waals surface area contributed by atoms with Gasteiger partial charge >= 0.3 is 0 Å². The minimum atomic E-state index is -3.55. The van der Waals surface area contributed by atoms with Crippen LogP contribution in [0.3, 0.4) is 0 Å². The van der Waals surface area contributed by atoms with Crippen LogP contribution in [-0.2, 0) is 10.0 Å². The standard InChI is InChI=1S/C16H19N3O3S/c1-22-14-6-2-3-7-15(14)23(20,21)19-12-10-18(11-13-19)16-8-4-5-9-17-16/h2-9H,10-13H2,1H3. The molecule has 3 rings (SSSR count). The van der Waals surface area contributed by atoms with Crippen LogP contribution in [0.15, 0.2) is 53.6 Å². The molecule has 2 aromatic rings. The Morgan fingerprint density at radius 2 is 1.70 bits per heavy atom. The number of para-hydroxylation sites is 1. The average molecular weight is 333 g/mol. The Balaban J connectivity index is 1.76. The van der Waals surface area contributed by atoms with Crippen LogP contribution < -0.4 is 9.64 Å². The minimum Gasteiger partial charge on any atom is -0.495 e. The zero-order chi connectivity index (χ0) is 16.3. The third-order valence-corrected chi connectivity index (χ3v) is 5.84. The number of aromatic nitrogens is 1. The van der Waals surface area contributed by atoms with Crippen molar-refractivity contribution in [2.45, 2.75) is 4.90 Å². The van der Waals surface area contributed by atoms with Gasteiger partial charge in [-0.2, -0.15) is 4.31 Å². The van der Waals surface area contributed by atoms with Gasteiger partial charge in [-0.1, -0.05) is 18.2 Å². The molecule has 1 aliphatic rings. The summed E-state index contributed by atoms with van der Waals surface area (Å²) in [7, 11) is -2.07. The van der Waals surface area contributed by atoms with Gasteiger partial charge in [-0.3, -0.25) is 0 Å². The van der Waals surface area contributed by atoms with Crippen molar-refractivity contribution in [3.8, 4) is 5.75 Å². The topological polar surface area (TPSA) is 62.7 Å². The maximum absolute atomic E-state index is 12.8. The number of nitrogens with zero attached hydrogens (tertiary/aromatic N) is 3. The van der Waals surface area contributed by atoms with E-state index in [1.807, 2.05) is 18.2 Å². The summed E-state index contributed by atoms with van der Waals surface area (Å²) in [6.07, 6.45) is 1.74. The molecule has 0 N–H and O–H groups in total. The third-order valence-electron chi connectivity index (χ3n) is 3.90. The minimum absolute atomic E-state index is 0.216. The molecule has 0 spiro atoms. The molecule has 1 aromatic heterocycles. The molecule has 0 bridgehead atoms. The van der Waals surface area contributed by atoms with Crippen molar-refractivity contribution in [3.05, 3.63) is 48.7 Å². The van der Waals surface area contributed by atoms with Gasteiger partial charge in [0.15, 0.2) is 0 Å². The molecule has 0 aliphatic carbocycles. The fourth-order valence-electron chi connectivity index (χ4n) is 2.67. The third kappa shape index (κ3) is 3.16. The Hall–Kier alpha value is -2.12. The Kier molecular flexibility index (Phi) is 4.49. The van der Waals surface area contributed by atoms with Crippen LogP contribution in [0.2, 0.25) is 0 Å². The first-order chi connectivity index (χ1) is 11.1. The Morgan fingerprint density at radius 3 is 2.35 bits per heavy atom. The van der Waals surface area contributed by atoms with Gasteiger partial charge in [-0.15, -0.1) is 0 Å². The van der Waals surface area contributed by atoms with E-state index in [0.717, 1.165) is 5.82 Å². The summed E-state index contributed by atoms with van der Waals surface area (Å²) < 4.78 is 32.3. The maximum atomic E-state index is 12.8. The van der Waals surface area contributed by atoms with Crippen LogP contribution in [0.5, 0.6) is 5.75 Å². The van der Waals surface area contributed by atoms with Crippen LogP contribution in [0, 0.1) is 0 Å². The highest BCUT2D eigenvalue weighted by atomic mass is 32.2. The van der Waals surface area contributed by atoms with Crippen LogP contribution in [0.1, 0.15) is 0 Å². The fraction of sp³-hybridized carbons (Fsp3) is 0.312. The summed E-state index contributed by atoms with van der Waals surface area (Å²) in [6.45, 7) is 2.09. The highest BCUT2D eigenvalue weighted by molar-refractivity contribution is 7.89. The van der Waals surface area contributed by atoms with Crippen molar-refractivity contribution in [2.75, 3.05) is 38.2 Å². The lowest BCUT2D eigenvalue weighted by molar-refractivity contribution is 0.373. The number of anilines is 1. The second-order valence-corrected chi connectivity index (χ2v) is 7.14. The zero-order valence-corrected chi connectivity index (χ0v) is 13.7. The number of hydrogen-bond acceptors (Lipinski definition) is 5. The smallest absolute Gasteiger partial charge is 0.246 e. The Labute approximate surface area is 136 Å². The average Bonchev–Trinajstić information content (AvgIpc) is 2.62. The number of sulfonamides is 1. The van der Waals surface area contributed by atoms with Gasteiger partial charge in [0.05, 0.1) is 7.11 Å². The summed E-state index contributed by atoms with van der Waals surface area (Å²) >= 11 is 0. The normalized spacial score (nSPS) is 16.3. The van der Waals surface area contributed by atoms with E-state index in [1.54, 1.807) is 30.5 Å². The van der Waals surface area contributed by atoms with Crippen LogP contribution in [0.25, 0.3) is 0 Å². The van der Waals surface area contributed by atoms with Crippen LogP contribution in [-0.4, -0.2) is 51.0 Å². The Bertz CT molecular complexity index is 757. The van der Waals surface area contributed by atoms with Gasteiger partial charge in [0.25, 0.3) is 0 Å². The molecule has 2 heterocycles. The first kappa shape index (κ1) is 15.8. The zero-order valence-electron chi connectivity index (χ0n) is 12.9. The summed E-state index contributed by atoms with van der Waals surface area (Å²) in [5.41, 5.74) is 0. The van der Waals surface area contributed by atoms with Crippen LogP contribution >= 0.6 is 0 Å². The molecule has 0 amide bonds. The van der Waals surface area contributed by atoms with E-state index in [2.05, 4.69) is 9.88 Å². The number of rotatable bonds is 4. The monoisotopic (exact) mass is 333 g/mol. The molecule has 1 aliphatic heterocycles. The predicted molar refractivity (Wildman–Crippen MR) is 88.2 cm³/mol. The summed E-state index contributed by atoms with van der Waals surface area (Å²) in [5.74, 6) is 1.25. The molecule has 6 nitrogen and oxygen atoms in total. The van der Waals surface area contributed by atoms with Crippen molar-refractivity contribution in [3.63, 3.8) is 0 Å². The molecule has 122 valence electrons. The second kappa shape index (κ2) is 6.55. The molecule has 0 unspecified atom stereocenters. The molecular weight excluding hydrogens is 314 g/mol. The van der Waals surface area contributed by atoms with Gasteiger partial charge in [0.2, 0.25) is 10.0 Å². The quantitative estimate of drug-likeness (QED) is 0.850. The van der Waals surface area contributed by atoms with Gasteiger partial charge in [0.1, 0.15) is 16.5 Å². The van der Waals surface area contributed by atoms with E-state index in [0.29, 0.717) is 31.9 Å². The van der Waals surface area contributed by atoms with Crippen molar-refractivity contribution in [1.29, 1.82) is 0 Å². The lowest BCUT2D eigenvalue weighted by Gasteiger charge is -2.34. The maximum Gasteiger partial charge on any atom is 0.246 e. The highest BCUT2D eigenvalue weighted by Gasteiger charge is 2.30. The molecule has 7 heteroatoms. The summed E-state index contributed by atoms with van der Waals surface area (Å²) in [6, 6.07) is 12.4. The molecule has 23 heavy (non-hydrogen) atoms. The second-order valence-electron chi connectivity index (χ2n) is 5.23. The first-order valence-electron chi connectivity index (χ1n) is 7.42. The molecule has 1 saturated heterocycles. The highest BCUT2D eigenvalue weighted by Crippen LogP contribution is 2.27. The van der Waals surface area contributed by atoms with E-state index in [9.17, 15) is 8.42 Å². The number of pyridine rings is 1. The van der Waals surface area contributed by atoms with Crippen LogP contribution in [0.4, 0.5) is 5.82 Å². The lowest BCUT2D eigenvalue weighted by atomic mass is 10.3. The summed E-state index contributed by atoms with van der Waals surface area (Å²) in [5, 5.41) is 0. The van der Waals surface area contributed by atoms with Crippen molar-refractivity contribution < 1.29 is 13.2 Å². The number of ether oxygens (including phenoxy) is 1. The van der Waals surface area contributed by atoms with E-state index in [1.165, 1.54) is 11.4 Å². The van der Waals surface area contributed by atoms with Crippen molar-refractivity contribution >= 4 is 15.8 Å². The fourth-order valence-corrected chi connectivity index (χ4v) is 4.25. The molecule has 0 saturated carbocycles. The molecule has 1 aromatic carbocycles. The van der Waals surface area contributed by atoms with Gasteiger partial charge in [-0.05, 0) is 24.3 Å². The Morgan fingerprint density at radius 1 is 1.00 bits per heavy atom. The largest absolute Gasteiger partial charge is 0.495 e. The first-order valence-corrected chi connectivity index (χ1v) is 8.86. The van der Waals surface area contributed by atoms with Crippen molar-refractivity contribution in [1.82, 2.24) is 9.29 Å². The molecule has 0 radical (unpaired) electrons. The molecular formula is C16H19N3O3S. The SMILES string of the molecule is COc1ccccc1S(=O)(=O)N1CCN(c2ccccn2)CC1. The predicted octanol–water partition coefficient (Wildman–Crippen LogP) is 1.60. The van der Waals surface area contributed by atoms with Gasteiger partial charge in [0, 0.05) is 32.4 Å². The lowest BCUT2D eigenvalue weighted by Crippen LogP contribution is -2.48. The number of methoxy groups -OCH3 is 1. The number of benzene rings is 1. The molecule has 0 atom stereocenters. The van der Waals surface area contributed by atoms with Gasteiger partial charge in [-0.25, -0.2) is 13.4 Å². The van der Waals surface area contributed by atoms with E-state index < -0.39 is 10.0 Å². The summed E-state index contributed by atoms with van der Waals surface area (Å²) in [4.78, 5) is 6.62. The molecule has 1 fully saturated rings. The van der Waals surface area contributed by atoms with Crippen molar-refractivity contribution in [2.24, 2.45) is 0 Å². The number of piperazine rings is 1. The van der Waals surface area contributed by atoms with E-state index >= 15 is 0 Å².